The topological polar surface area (TPSA) is 21.6 Å². The summed E-state index contributed by atoms with van der Waals surface area (Å²) in [7, 11) is 1.59. The Hall–Kier alpha value is 0.200. The van der Waals surface area contributed by atoms with E-state index in [1.165, 1.54) is 6.40 Å². The first-order chi connectivity index (χ1) is 3.41. The van der Waals surface area contributed by atoms with E-state index in [0.717, 1.165) is 11.0 Å². The highest BCUT2D eigenvalue weighted by molar-refractivity contribution is 14.1. The maximum absolute atomic E-state index is 4.55. The number of ether oxygens (including phenoxy) is 1. The summed E-state index contributed by atoms with van der Waals surface area (Å²) < 4.78 is 5.60. The fourth-order valence-corrected chi connectivity index (χ4v) is 0.455. The molecule has 0 aromatic carbocycles. The van der Waals surface area contributed by atoms with Crippen LogP contribution in [-0.4, -0.2) is 24.5 Å². The van der Waals surface area contributed by atoms with Gasteiger partial charge in [0.05, 0.1) is 13.7 Å². The number of hydrogen-bond acceptors (Lipinski definition) is 2. The van der Waals surface area contributed by atoms with Crippen LogP contribution in [0.5, 0.6) is 0 Å². The third kappa shape index (κ3) is 6.20. The van der Waals surface area contributed by atoms with E-state index in [1.807, 2.05) is 0 Å². The molecule has 42 valence electrons. The van der Waals surface area contributed by atoms with Gasteiger partial charge >= 0.3 is 0 Å². The Balaban J connectivity index is 2.78. The van der Waals surface area contributed by atoms with Crippen LogP contribution < -0.4 is 0 Å². The number of nitrogens with zero attached hydrogens (tertiary/aromatic N) is 1. The summed E-state index contributed by atoms with van der Waals surface area (Å²) in [5.41, 5.74) is 0. The van der Waals surface area contributed by atoms with Gasteiger partial charge in [-0.05, 0) is 0 Å². The molecule has 0 aliphatic carbocycles. The monoisotopic (exact) mass is 213 g/mol. The lowest BCUT2D eigenvalue weighted by Crippen LogP contribution is -1.82. The largest absolute Gasteiger partial charge is 0.487 e. The molecule has 0 heterocycles. The second-order valence-corrected chi connectivity index (χ2v) is 2.02. The van der Waals surface area contributed by atoms with Crippen LogP contribution in [0.15, 0.2) is 4.99 Å². The predicted octanol–water partition coefficient (Wildman–Crippen LogP) is 1.10. The molecule has 7 heavy (non-hydrogen) atoms. The summed E-state index contributed by atoms with van der Waals surface area (Å²) in [5.74, 6) is 0. The molecule has 0 N–H and O–H groups in total. The van der Waals surface area contributed by atoms with Gasteiger partial charge in [0.1, 0.15) is 0 Å². The molecule has 3 heteroatoms. The number of alkyl halides is 1. The molecule has 0 rings (SSSR count). The highest BCUT2D eigenvalue weighted by Gasteiger charge is 1.69. The van der Waals surface area contributed by atoms with E-state index in [2.05, 4.69) is 32.3 Å². The number of halogens is 1. The predicted molar refractivity (Wildman–Crippen MR) is 39.3 cm³/mol. The number of aliphatic imine (C=N–C) groups is 1. The Morgan fingerprint density at radius 1 is 1.86 bits per heavy atom. The fourth-order valence-electron chi connectivity index (χ4n) is 0.176. The average Bonchev–Trinajstić information content (AvgIpc) is 1.69. The maximum Gasteiger partial charge on any atom is 0.168 e. The van der Waals surface area contributed by atoms with Gasteiger partial charge in [0.25, 0.3) is 0 Å². The van der Waals surface area contributed by atoms with Crippen molar-refractivity contribution in [2.24, 2.45) is 4.99 Å². The van der Waals surface area contributed by atoms with E-state index >= 15 is 0 Å². The molecule has 0 aliphatic heterocycles. The van der Waals surface area contributed by atoms with Gasteiger partial charge in [-0.25, -0.2) is 0 Å². The van der Waals surface area contributed by atoms with Crippen LogP contribution in [0.3, 0.4) is 0 Å². The second kappa shape index (κ2) is 6.20. The van der Waals surface area contributed by atoms with Gasteiger partial charge in [0.15, 0.2) is 6.40 Å². The molecule has 0 aliphatic rings. The molecule has 0 radical (unpaired) electrons. The highest BCUT2D eigenvalue weighted by Crippen LogP contribution is 1.78. The Labute approximate surface area is 57.1 Å². The van der Waals surface area contributed by atoms with Crippen LogP contribution in [0, 0.1) is 0 Å². The lowest BCUT2D eigenvalue weighted by Gasteiger charge is -1.83. The average molecular weight is 213 g/mol. The van der Waals surface area contributed by atoms with Crippen LogP contribution >= 0.6 is 22.6 Å². The second-order valence-electron chi connectivity index (χ2n) is 0.936. The molecule has 0 unspecified atom stereocenters. The van der Waals surface area contributed by atoms with Crippen molar-refractivity contribution in [2.45, 2.75) is 0 Å². The Morgan fingerprint density at radius 3 is 3.00 bits per heavy atom. The zero-order valence-electron chi connectivity index (χ0n) is 4.22. The summed E-state index contributed by atoms with van der Waals surface area (Å²) in [4.78, 5) is 3.85. The van der Waals surface area contributed by atoms with Gasteiger partial charge in [-0.1, -0.05) is 22.6 Å². The minimum atomic E-state index is 0.856. The Bertz CT molecular complexity index is 55.7. The van der Waals surface area contributed by atoms with E-state index in [4.69, 9.17) is 0 Å². The van der Waals surface area contributed by atoms with E-state index in [-0.39, 0.29) is 0 Å². The molecule has 0 saturated heterocycles. The maximum atomic E-state index is 4.55. The lowest BCUT2D eigenvalue weighted by atomic mass is 10.8. The molecule has 0 bridgehead atoms. The van der Waals surface area contributed by atoms with Crippen molar-refractivity contribution in [3.8, 4) is 0 Å². The van der Waals surface area contributed by atoms with E-state index < -0.39 is 0 Å². The molecule has 0 aromatic heterocycles. The van der Waals surface area contributed by atoms with Crippen LogP contribution in [-0.2, 0) is 4.74 Å². The minimum Gasteiger partial charge on any atom is -0.487 e. The number of rotatable bonds is 3. The first kappa shape index (κ1) is 7.20. The number of methoxy groups -OCH3 is 1. The van der Waals surface area contributed by atoms with Crippen molar-refractivity contribution in [3.05, 3.63) is 0 Å². The number of hydrogen-bond donors (Lipinski definition) is 0. The SMILES string of the molecule is CO/C=N\CCI. The van der Waals surface area contributed by atoms with Gasteiger partial charge in [0, 0.05) is 4.43 Å². The molecule has 0 spiro atoms. The molecule has 0 atom stereocenters. The van der Waals surface area contributed by atoms with Gasteiger partial charge < -0.3 is 4.74 Å². The summed E-state index contributed by atoms with van der Waals surface area (Å²) in [6, 6.07) is 0. The summed E-state index contributed by atoms with van der Waals surface area (Å²) in [5, 5.41) is 0. The minimum absolute atomic E-state index is 0.856. The van der Waals surface area contributed by atoms with E-state index in [9.17, 15) is 0 Å². The van der Waals surface area contributed by atoms with Gasteiger partial charge in [0.2, 0.25) is 0 Å². The summed E-state index contributed by atoms with van der Waals surface area (Å²) in [6.07, 6.45) is 1.46. The van der Waals surface area contributed by atoms with Crippen molar-refractivity contribution in [2.75, 3.05) is 18.1 Å². The third-order valence-electron chi connectivity index (χ3n) is 0.394. The van der Waals surface area contributed by atoms with Gasteiger partial charge in [-0.15, -0.1) is 0 Å². The summed E-state index contributed by atoms with van der Waals surface area (Å²) in [6.45, 7) is 0.856. The van der Waals surface area contributed by atoms with Crippen molar-refractivity contribution < 1.29 is 4.74 Å². The molecule has 0 fully saturated rings. The standard InChI is InChI=1S/C4H8INO/c1-7-4-6-3-2-5/h4H,2-3H2,1H3/b6-4-. The van der Waals surface area contributed by atoms with Gasteiger partial charge in [-0.3, -0.25) is 4.99 Å². The first-order valence-corrected chi connectivity index (χ1v) is 3.51. The summed E-state index contributed by atoms with van der Waals surface area (Å²) >= 11 is 2.26. The molecular weight excluding hydrogens is 205 g/mol. The van der Waals surface area contributed by atoms with Crippen LogP contribution in [0.1, 0.15) is 0 Å². The smallest absolute Gasteiger partial charge is 0.168 e. The highest BCUT2D eigenvalue weighted by atomic mass is 127. The van der Waals surface area contributed by atoms with Crippen molar-refractivity contribution in [3.63, 3.8) is 0 Å². The quantitative estimate of drug-likeness (QED) is 0.297. The molecular formula is C4H8INO. The van der Waals surface area contributed by atoms with Crippen LogP contribution in [0.25, 0.3) is 0 Å². The first-order valence-electron chi connectivity index (χ1n) is 1.99. The van der Waals surface area contributed by atoms with Crippen molar-refractivity contribution >= 4 is 29.0 Å². The van der Waals surface area contributed by atoms with Crippen molar-refractivity contribution in [1.29, 1.82) is 0 Å². The van der Waals surface area contributed by atoms with Gasteiger partial charge in [-0.2, -0.15) is 0 Å². The van der Waals surface area contributed by atoms with E-state index in [1.54, 1.807) is 7.11 Å². The zero-order chi connectivity index (χ0) is 5.54. The Morgan fingerprint density at radius 2 is 2.57 bits per heavy atom. The van der Waals surface area contributed by atoms with Crippen LogP contribution in [0.4, 0.5) is 0 Å². The fraction of sp³-hybridized carbons (Fsp3) is 0.750. The van der Waals surface area contributed by atoms with Crippen molar-refractivity contribution in [1.82, 2.24) is 0 Å². The normalized spacial score (nSPS) is 10.0. The molecule has 0 saturated carbocycles. The van der Waals surface area contributed by atoms with E-state index in [0.29, 0.717) is 0 Å². The third-order valence-corrected chi connectivity index (χ3v) is 0.876. The Kier molecular flexibility index (Phi) is 6.38. The zero-order valence-corrected chi connectivity index (χ0v) is 6.38. The lowest BCUT2D eigenvalue weighted by molar-refractivity contribution is 0.421. The molecule has 0 aromatic rings. The molecule has 0 amide bonds. The van der Waals surface area contributed by atoms with Crippen LogP contribution in [0.2, 0.25) is 0 Å². The molecule has 2 nitrogen and oxygen atoms in total.